The first-order chi connectivity index (χ1) is 36.8. The van der Waals surface area contributed by atoms with E-state index < -0.39 is 70.5 Å². The molecule has 4 atom stereocenters. The molecule has 0 aliphatic heterocycles. The van der Waals surface area contributed by atoms with Crippen LogP contribution in [0.4, 0.5) is 13.6 Å². The summed E-state index contributed by atoms with van der Waals surface area (Å²) in [5.74, 6) is -6.43. The van der Waals surface area contributed by atoms with E-state index in [9.17, 15) is 42.7 Å². The van der Waals surface area contributed by atoms with Gasteiger partial charge in [-0.05, 0) is 94.5 Å². The molecule has 412 valence electrons. The summed E-state index contributed by atoms with van der Waals surface area (Å²) in [6.07, 6.45) is 0.921. The number of ether oxygens (including phenoxy) is 2. The second-order valence-corrected chi connectivity index (χ2v) is 19.6. The van der Waals surface area contributed by atoms with Gasteiger partial charge in [0.15, 0.2) is 0 Å². The molecule has 0 saturated carbocycles. The SMILES string of the molecule is C.CCC[C@@H](CC(=O)OCC1c2ccccc2-c2ccccc21)C(=O)N[C@@](C)(Cc1ccccc1F)C(=O)O.CCC[C@@H](NC(=O)OCC1c2ccccc2-c2ccccc21)C(=O)O.C[C@](N)(Cc1ccccc1F)C(=O)O. The van der Waals surface area contributed by atoms with Gasteiger partial charge in [0, 0.05) is 30.6 Å². The Balaban J connectivity index is 0.000000240. The Hall–Kier alpha value is -8.24. The third-order valence-corrected chi connectivity index (χ3v) is 13.7. The molecule has 8 rings (SSSR count). The number of carbonyl (C=O) groups excluding carboxylic acids is 3. The van der Waals surface area contributed by atoms with Crippen molar-refractivity contribution in [2.45, 2.75) is 109 Å². The maximum atomic E-state index is 14.2. The minimum atomic E-state index is -1.74. The van der Waals surface area contributed by atoms with Gasteiger partial charge in [0.2, 0.25) is 5.91 Å². The molecule has 0 fully saturated rings. The van der Waals surface area contributed by atoms with Crippen LogP contribution in [0.5, 0.6) is 0 Å². The maximum Gasteiger partial charge on any atom is 0.407 e. The fourth-order valence-corrected chi connectivity index (χ4v) is 9.56. The number of fused-ring (bicyclic) bond motifs is 6. The Bertz CT molecular complexity index is 2980. The number of hydrogen-bond acceptors (Lipinski definition) is 9. The lowest BCUT2D eigenvalue weighted by atomic mass is 9.90. The van der Waals surface area contributed by atoms with E-state index >= 15 is 0 Å². The molecule has 0 bridgehead atoms. The molecule has 2 aliphatic rings. The van der Waals surface area contributed by atoms with Crippen LogP contribution in [0.25, 0.3) is 22.3 Å². The van der Waals surface area contributed by atoms with E-state index in [-0.39, 0.29) is 57.3 Å². The number of aliphatic carboxylic acids is 3. The number of carbonyl (C=O) groups is 6. The third kappa shape index (κ3) is 15.2. The fourth-order valence-electron chi connectivity index (χ4n) is 9.56. The highest BCUT2D eigenvalue weighted by Crippen LogP contribution is 2.46. The van der Waals surface area contributed by atoms with Gasteiger partial charge < -0.3 is 41.2 Å². The molecule has 0 aromatic heterocycles. The minimum Gasteiger partial charge on any atom is -0.480 e. The molecular weight excluding hydrogens is 1000 g/mol. The Morgan fingerprint density at radius 3 is 1.37 bits per heavy atom. The molecular formula is C62H69F2N3O11. The van der Waals surface area contributed by atoms with E-state index in [1.54, 1.807) is 18.2 Å². The van der Waals surface area contributed by atoms with Crippen molar-refractivity contribution in [1.29, 1.82) is 0 Å². The molecule has 6 aromatic carbocycles. The Kier molecular flexibility index (Phi) is 21.5. The van der Waals surface area contributed by atoms with Crippen LogP contribution < -0.4 is 16.4 Å². The van der Waals surface area contributed by atoms with Crippen molar-refractivity contribution in [2.75, 3.05) is 13.2 Å². The number of rotatable bonds is 20. The molecule has 2 aliphatic carbocycles. The largest absolute Gasteiger partial charge is 0.480 e. The summed E-state index contributed by atoms with van der Waals surface area (Å²) in [5.41, 5.74) is 11.8. The zero-order chi connectivity index (χ0) is 55.9. The molecule has 16 heteroatoms. The van der Waals surface area contributed by atoms with Crippen molar-refractivity contribution in [1.82, 2.24) is 10.6 Å². The van der Waals surface area contributed by atoms with E-state index in [0.29, 0.717) is 31.2 Å². The van der Waals surface area contributed by atoms with E-state index in [1.807, 2.05) is 86.6 Å². The normalized spacial score (nSPS) is 14.1. The number of halogens is 2. The first-order valence-corrected chi connectivity index (χ1v) is 25.5. The molecule has 14 nitrogen and oxygen atoms in total. The summed E-state index contributed by atoms with van der Waals surface area (Å²) >= 11 is 0. The minimum absolute atomic E-state index is 0. The van der Waals surface area contributed by atoms with Crippen LogP contribution in [0.1, 0.15) is 112 Å². The van der Waals surface area contributed by atoms with Crippen LogP contribution in [0.2, 0.25) is 0 Å². The number of benzene rings is 6. The van der Waals surface area contributed by atoms with Gasteiger partial charge in [-0.3, -0.25) is 14.4 Å². The van der Waals surface area contributed by atoms with Gasteiger partial charge in [0.05, 0.1) is 6.42 Å². The highest BCUT2D eigenvalue weighted by molar-refractivity contribution is 5.90. The summed E-state index contributed by atoms with van der Waals surface area (Å²) in [5, 5.41) is 32.7. The number of nitrogens with one attached hydrogen (secondary N) is 2. The van der Waals surface area contributed by atoms with E-state index in [4.69, 9.17) is 25.4 Å². The first-order valence-electron chi connectivity index (χ1n) is 25.5. The number of carboxylic acid groups (broad SMARTS) is 3. The van der Waals surface area contributed by atoms with Gasteiger partial charge in [-0.25, -0.2) is 23.2 Å². The molecule has 78 heavy (non-hydrogen) atoms. The smallest absolute Gasteiger partial charge is 0.407 e. The van der Waals surface area contributed by atoms with Gasteiger partial charge in [-0.1, -0.05) is 168 Å². The van der Waals surface area contributed by atoms with Crippen LogP contribution in [0.3, 0.4) is 0 Å². The number of alkyl carbamates (subject to hydrolysis) is 1. The average Bonchev–Trinajstić information content (AvgIpc) is 3.92. The second-order valence-electron chi connectivity index (χ2n) is 19.6. The second kappa shape index (κ2) is 27.7. The Labute approximate surface area is 454 Å². The highest BCUT2D eigenvalue weighted by atomic mass is 19.1. The maximum absolute atomic E-state index is 14.2. The quantitative estimate of drug-likeness (QED) is 0.0392. The molecule has 6 aromatic rings. The van der Waals surface area contributed by atoms with Crippen LogP contribution in [-0.4, -0.2) is 81.5 Å². The number of nitrogens with two attached hydrogens (primary N) is 1. The third-order valence-electron chi connectivity index (χ3n) is 13.7. The van der Waals surface area contributed by atoms with Crippen molar-refractivity contribution in [3.8, 4) is 22.3 Å². The number of esters is 1. The first kappa shape index (κ1) is 60.6. The lowest BCUT2D eigenvalue weighted by Crippen LogP contribution is -2.55. The summed E-state index contributed by atoms with van der Waals surface area (Å²) in [4.78, 5) is 72.0. The van der Waals surface area contributed by atoms with Crippen LogP contribution in [-0.2, 0) is 46.3 Å². The molecule has 0 unspecified atom stereocenters. The standard InChI is InChI=1S/C31H32FNO5.C20H21NO4.C10H12FNO2.CH4/c1-3-10-20(29(35)33-31(2,30(36)37)18-21-11-4-9-16-27(21)32)17-28(34)38-19-26-24-14-7-5-12-22(24)23-13-6-8-15-25(23)26;1-2-7-18(19(22)23)21-20(24)25-12-17-15-10-5-3-8-13(15)14-9-4-6-11-16(14)17;1-10(12,9(13)14)6-7-4-2-3-5-8(7)11;/h4-9,11-16,20,26H,3,10,17-19H2,1-2H3,(H,33,35)(H,36,37);3-6,8-11,17-18H,2,7,12H2,1H3,(H,21,24)(H,22,23);2-5H,6,12H2,1H3,(H,13,14);1H4/t20-,31-;18-;10-;/m010./s1. The van der Waals surface area contributed by atoms with Gasteiger partial charge in [-0.2, -0.15) is 0 Å². The van der Waals surface area contributed by atoms with E-state index in [0.717, 1.165) is 44.5 Å². The van der Waals surface area contributed by atoms with Crippen molar-refractivity contribution in [2.24, 2.45) is 11.7 Å². The monoisotopic (exact) mass is 1070 g/mol. The fraction of sp³-hybridized carbons (Fsp3) is 0.323. The predicted molar refractivity (Wildman–Crippen MR) is 294 cm³/mol. The summed E-state index contributed by atoms with van der Waals surface area (Å²) in [7, 11) is 0. The lowest BCUT2D eigenvalue weighted by molar-refractivity contribution is -0.150. The highest BCUT2D eigenvalue weighted by Gasteiger charge is 2.39. The molecule has 2 amide bonds. The van der Waals surface area contributed by atoms with Crippen molar-refractivity contribution >= 4 is 35.9 Å². The van der Waals surface area contributed by atoms with E-state index in [1.165, 1.54) is 44.2 Å². The van der Waals surface area contributed by atoms with Gasteiger partial charge in [-0.15, -0.1) is 0 Å². The molecule has 7 N–H and O–H groups in total. The number of hydrogen-bond donors (Lipinski definition) is 6. The van der Waals surface area contributed by atoms with Gasteiger partial charge in [0.1, 0.15) is 42.0 Å². The molecule has 0 saturated heterocycles. The zero-order valence-corrected chi connectivity index (χ0v) is 43.5. The number of carboxylic acids is 3. The predicted octanol–water partition coefficient (Wildman–Crippen LogP) is 11.1. The van der Waals surface area contributed by atoms with Crippen LogP contribution in [0, 0.1) is 17.6 Å². The zero-order valence-electron chi connectivity index (χ0n) is 43.5. The Morgan fingerprint density at radius 2 is 0.974 bits per heavy atom. The van der Waals surface area contributed by atoms with Gasteiger partial charge in [0.25, 0.3) is 0 Å². The van der Waals surface area contributed by atoms with E-state index in [2.05, 4.69) is 34.9 Å². The summed E-state index contributed by atoms with van der Waals surface area (Å²) < 4.78 is 38.4. The molecule has 0 heterocycles. The average molecular weight is 1070 g/mol. The van der Waals surface area contributed by atoms with Crippen LogP contribution >= 0.6 is 0 Å². The lowest BCUT2D eigenvalue weighted by Gasteiger charge is -2.29. The number of amides is 2. The summed E-state index contributed by atoms with van der Waals surface area (Å²) in [6, 6.07) is 43.2. The van der Waals surface area contributed by atoms with Crippen molar-refractivity contribution < 1.29 is 62.3 Å². The van der Waals surface area contributed by atoms with Gasteiger partial charge >= 0.3 is 30.0 Å². The van der Waals surface area contributed by atoms with Crippen molar-refractivity contribution in [3.63, 3.8) is 0 Å². The van der Waals surface area contributed by atoms with Crippen LogP contribution in [0.15, 0.2) is 146 Å². The van der Waals surface area contributed by atoms with Crippen molar-refractivity contribution in [3.05, 3.63) is 191 Å². The topological polar surface area (TPSA) is 232 Å². The molecule has 0 radical (unpaired) electrons. The molecule has 0 spiro atoms. The summed E-state index contributed by atoms with van der Waals surface area (Å²) in [6.45, 7) is 6.78. The Morgan fingerprint density at radius 1 is 0.577 bits per heavy atom.